The fourth-order valence-electron chi connectivity index (χ4n) is 7.99. The number of terminal acetylenes is 2. The molecule has 0 spiro atoms. The summed E-state index contributed by atoms with van der Waals surface area (Å²) in [6.07, 6.45) is 22.4. The summed E-state index contributed by atoms with van der Waals surface area (Å²) in [5.41, 5.74) is 0.958. The predicted molar refractivity (Wildman–Crippen MR) is 120 cm³/mol. The van der Waals surface area contributed by atoms with Crippen LogP contribution >= 0.6 is 0 Å². The van der Waals surface area contributed by atoms with Gasteiger partial charge in [-0.3, -0.25) is 4.79 Å². The van der Waals surface area contributed by atoms with Crippen molar-refractivity contribution in [2.75, 3.05) is 19.6 Å². The molecule has 0 aromatic heterocycles. The van der Waals surface area contributed by atoms with E-state index >= 15 is 0 Å². The summed E-state index contributed by atoms with van der Waals surface area (Å²) in [7, 11) is 0. The zero-order chi connectivity index (χ0) is 21.1. The molecule has 29 heavy (non-hydrogen) atoms. The van der Waals surface area contributed by atoms with Crippen LogP contribution in [-0.4, -0.2) is 25.5 Å². The van der Waals surface area contributed by atoms with E-state index in [1.165, 1.54) is 57.8 Å². The Morgan fingerprint density at radius 1 is 1.10 bits per heavy atom. The second-order valence-corrected chi connectivity index (χ2v) is 10.9. The Hall–Kier alpha value is -1.45. The molecule has 0 aromatic rings. The molecule has 3 aliphatic rings. The van der Waals surface area contributed by atoms with Gasteiger partial charge in [0.2, 0.25) is 0 Å². The predicted octanol–water partition coefficient (Wildman–Crippen LogP) is 4.38. The number of carbonyl (C=O) groups is 1. The van der Waals surface area contributed by atoms with Gasteiger partial charge in [-0.1, -0.05) is 39.5 Å². The van der Waals surface area contributed by atoms with E-state index in [-0.39, 0.29) is 11.3 Å². The highest BCUT2D eigenvalue weighted by atomic mass is 16.1. The van der Waals surface area contributed by atoms with Crippen LogP contribution in [0, 0.1) is 58.7 Å². The smallest absolute Gasteiger partial charge is 0.295 e. The first kappa shape index (κ1) is 22.2. The highest BCUT2D eigenvalue weighted by molar-refractivity contribution is 5.92. The molecule has 3 fully saturated rings. The second-order valence-electron chi connectivity index (χ2n) is 10.9. The highest BCUT2D eigenvalue weighted by Crippen LogP contribution is 2.68. The fraction of sp³-hybridized carbons (Fsp3) is 0.808. The van der Waals surface area contributed by atoms with Crippen LogP contribution < -0.4 is 10.6 Å². The van der Waals surface area contributed by atoms with Crippen LogP contribution in [0.4, 0.5) is 0 Å². The van der Waals surface area contributed by atoms with Gasteiger partial charge >= 0.3 is 0 Å². The summed E-state index contributed by atoms with van der Waals surface area (Å²) >= 11 is 0. The number of carbonyl (C=O) groups excluding carboxylic acids is 1. The number of hydrogen-bond acceptors (Lipinski definition) is 2. The Kier molecular flexibility index (Phi) is 6.70. The molecule has 0 heterocycles. The van der Waals surface area contributed by atoms with Crippen molar-refractivity contribution in [3.05, 3.63) is 0 Å². The van der Waals surface area contributed by atoms with E-state index in [0.29, 0.717) is 23.3 Å². The summed E-state index contributed by atoms with van der Waals surface area (Å²) in [4.78, 5) is 11.8. The lowest BCUT2D eigenvalue weighted by Crippen LogP contribution is -2.59. The number of rotatable bonds is 6. The van der Waals surface area contributed by atoms with E-state index in [1.54, 1.807) is 0 Å². The van der Waals surface area contributed by atoms with Crippen LogP contribution in [0.5, 0.6) is 0 Å². The molecular weight excluding hydrogens is 356 g/mol. The molecule has 0 aliphatic heterocycles. The Morgan fingerprint density at radius 2 is 1.90 bits per heavy atom. The van der Waals surface area contributed by atoms with E-state index < -0.39 is 0 Å². The molecule has 1 amide bonds. The summed E-state index contributed by atoms with van der Waals surface area (Å²) < 4.78 is 0. The van der Waals surface area contributed by atoms with Crippen LogP contribution in [-0.2, 0) is 4.79 Å². The quantitative estimate of drug-likeness (QED) is 0.517. The molecule has 6 atom stereocenters. The summed E-state index contributed by atoms with van der Waals surface area (Å²) in [6.45, 7) is 9.85. The molecular formula is C26H40N2O. The van der Waals surface area contributed by atoms with Crippen molar-refractivity contribution in [1.82, 2.24) is 10.6 Å². The Bertz CT molecular complexity index is 688. The van der Waals surface area contributed by atoms with Gasteiger partial charge in [0.1, 0.15) is 0 Å². The summed E-state index contributed by atoms with van der Waals surface area (Å²) in [5.74, 6) is 6.93. The molecule has 3 nitrogen and oxygen atoms in total. The molecule has 3 heteroatoms. The average Bonchev–Trinajstić information content (AvgIpc) is 2.69. The maximum Gasteiger partial charge on any atom is 0.295 e. The third kappa shape index (κ3) is 4.22. The summed E-state index contributed by atoms with van der Waals surface area (Å²) in [5, 5.41) is 6.49. The van der Waals surface area contributed by atoms with Gasteiger partial charge in [0, 0.05) is 6.54 Å². The van der Waals surface area contributed by atoms with E-state index in [2.05, 4.69) is 43.2 Å². The Morgan fingerprint density at radius 3 is 2.62 bits per heavy atom. The molecule has 0 radical (unpaired) electrons. The van der Waals surface area contributed by atoms with Gasteiger partial charge in [0.15, 0.2) is 0 Å². The van der Waals surface area contributed by atoms with Gasteiger partial charge in [0.05, 0.1) is 6.54 Å². The first-order chi connectivity index (χ1) is 13.8. The molecule has 2 unspecified atom stereocenters. The number of fused-ring (bicyclic) bond motifs is 3. The minimum atomic E-state index is -0.269. The van der Waals surface area contributed by atoms with Crippen LogP contribution in [0.15, 0.2) is 0 Å². The maximum atomic E-state index is 11.8. The number of amides is 1. The van der Waals surface area contributed by atoms with Gasteiger partial charge in [-0.25, -0.2) is 0 Å². The molecule has 3 aliphatic carbocycles. The van der Waals surface area contributed by atoms with Gasteiger partial charge < -0.3 is 10.6 Å². The molecule has 0 saturated heterocycles. The summed E-state index contributed by atoms with van der Waals surface area (Å²) in [6, 6.07) is 0. The van der Waals surface area contributed by atoms with E-state index in [9.17, 15) is 4.79 Å². The topological polar surface area (TPSA) is 41.1 Å². The lowest BCUT2D eigenvalue weighted by molar-refractivity contribution is -0.162. The zero-order valence-electron chi connectivity index (χ0n) is 18.8. The number of hydrogen-bond donors (Lipinski definition) is 2. The Labute approximate surface area is 178 Å². The zero-order valence-corrected chi connectivity index (χ0v) is 18.8. The van der Waals surface area contributed by atoms with Crippen LogP contribution in [0.3, 0.4) is 0 Å². The van der Waals surface area contributed by atoms with Crippen LogP contribution in [0.1, 0.15) is 78.6 Å². The molecule has 0 bridgehead atoms. The first-order valence-corrected chi connectivity index (χ1v) is 11.7. The SMILES string of the molecule is C#CCNCC[C@]12CCC3[C@](C)(CNC(=O)C#C)CCC[C@@]3(C)C1CC[C@@H](C)C2. The minimum Gasteiger partial charge on any atom is -0.345 e. The monoisotopic (exact) mass is 396 g/mol. The minimum absolute atomic E-state index is 0.149. The highest BCUT2D eigenvalue weighted by Gasteiger charge is 2.61. The second kappa shape index (κ2) is 8.73. The van der Waals surface area contributed by atoms with Crippen molar-refractivity contribution >= 4 is 5.91 Å². The van der Waals surface area contributed by atoms with Gasteiger partial charge in [-0.15, -0.1) is 12.8 Å². The van der Waals surface area contributed by atoms with E-state index in [4.69, 9.17) is 12.8 Å². The van der Waals surface area contributed by atoms with Crippen molar-refractivity contribution < 1.29 is 4.79 Å². The van der Waals surface area contributed by atoms with Crippen molar-refractivity contribution in [3.8, 4) is 24.7 Å². The third-order valence-corrected chi connectivity index (χ3v) is 9.08. The molecule has 3 rings (SSSR count). The van der Waals surface area contributed by atoms with E-state index in [1.807, 2.05) is 0 Å². The van der Waals surface area contributed by atoms with Gasteiger partial charge in [-0.05, 0) is 91.4 Å². The van der Waals surface area contributed by atoms with E-state index in [0.717, 1.165) is 24.9 Å². The maximum absolute atomic E-state index is 11.8. The normalized spacial score (nSPS) is 41.3. The lowest BCUT2D eigenvalue weighted by atomic mass is 9.39. The average molecular weight is 397 g/mol. The first-order valence-electron chi connectivity index (χ1n) is 11.7. The largest absolute Gasteiger partial charge is 0.345 e. The molecule has 160 valence electrons. The lowest BCUT2D eigenvalue weighted by Gasteiger charge is -2.66. The standard InChI is InChI=1S/C26H40N2O/c1-6-16-27-17-15-26-14-11-21-24(4,19-28-23(29)7-2)12-8-13-25(21,5)22(26)10-9-20(3)18-26/h1-2,20-22,27H,8-19H2,3-5H3,(H,28,29)/t20-,21?,22?,24+,25-,26+/m1/s1. The van der Waals surface area contributed by atoms with Crippen molar-refractivity contribution in [2.45, 2.75) is 78.6 Å². The van der Waals surface area contributed by atoms with Crippen molar-refractivity contribution in [3.63, 3.8) is 0 Å². The van der Waals surface area contributed by atoms with Crippen LogP contribution in [0.25, 0.3) is 0 Å². The molecule has 3 saturated carbocycles. The third-order valence-electron chi connectivity index (χ3n) is 9.08. The molecule has 2 N–H and O–H groups in total. The van der Waals surface area contributed by atoms with Gasteiger partial charge in [-0.2, -0.15) is 0 Å². The van der Waals surface area contributed by atoms with Crippen molar-refractivity contribution in [1.29, 1.82) is 0 Å². The molecule has 0 aromatic carbocycles. The number of nitrogens with one attached hydrogen (secondary N) is 2. The van der Waals surface area contributed by atoms with Crippen LogP contribution in [0.2, 0.25) is 0 Å². The Balaban J connectivity index is 1.83. The van der Waals surface area contributed by atoms with Crippen molar-refractivity contribution in [2.24, 2.45) is 34.0 Å². The van der Waals surface area contributed by atoms with Gasteiger partial charge in [0.25, 0.3) is 5.91 Å². The fourth-order valence-corrected chi connectivity index (χ4v) is 7.99.